The van der Waals surface area contributed by atoms with Gasteiger partial charge in [0.2, 0.25) is 0 Å². The Kier molecular flexibility index (Phi) is 3.43. The highest BCUT2D eigenvalue weighted by molar-refractivity contribution is 5.72. The first-order chi connectivity index (χ1) is 8.27. The molecule has 0 amide bonds. The Labute approximate surface area is 102 Å². The molecule has 1 aromatic rings. The van der Waals surface area contributed by atoms with Gasteiger partial charge in [-0.25, -0.2) is 0 Å². The van der Waals surface area contributed by atoms with Crippen molar-refractivity contribution in [2.75, 3.05) is 11.4 Å². The fourth-order valence-electron chi connectivity index (χ4n) is 2.51. The van der Waals surface area contributed by atoms with Gasteiger partial charge in [0.25, 0.3) is 0 Å². The van der Waals surface area contributed by atoms with Crippen LogP contribution in [0.3, 0.4) is 0 Å². The summed E-state index contributed by atoms with van der Waals surface area (Å²) < 4.78 is 0. The van der Waals surface area contributed by atoms with Crippen LogP contribution in [0.25, 0.3) is 0 Å². The van der Waals surface area contributed by atoms with Gasteiger partial charge in [0.15, 0.2) is 0 Å². The van der Waals surface area contributed by atoms with E-state index < -0.39 is 0 Å². The van der Waals surface area contributed by atoms with Gasteiger partial charge >= 0.3 is 0 Å². The predicted molar refractivity (Wildman–Crippen MR) is 66.9 cm³/mol. The molecule has 1 atom stereocenters. The molecule has 1 saturated heterocycles. The average Bonchev–Trinajstić information content (AvgIpc) is 2.38. The summed E-state index contributed by atoms with van der Waals surface area (Å²) in [5.74, 6) is 0. The number of aldehydes is 1. The van der Waals surface area contributed by atoms with E-state index in [1.54, 1.807) is 0 Å². The lowest BCUT2D eigenvalue weighted by Gasteiger charge is -2.35. The van der Waals surface area contributed by atoms with E-state index >= 15 is 0 Å². The fourth-order valence-corrected chi connectivity index (χ4v) is 2.51. The second-order valence-corrected chi connectivity index (χ2v) is 4.48. The van der Waals surface area contributed by atoms with Gasteiger partial charge < -0.3 is 9.69 Å². The lowest BCUT2D eigenvalue weighted by molar-refractivity contribution is -0.109. The maximum Gasteiger partial charge on any atom is 0.142 e. The van der Waals surface area contributed by atoms with Crippen LogP contribution >= 0.6 is 0 Å². The van der Waals surface area contributed by atoms with Crippen LogP contribution in [0.15, 0.2) is 18.2 Å². The molecular formula is C14H16N2O. The van der Waals surface area contributed by atoms with Crippen molar-refractivity contribution >= 4 is 12.0 Å². The lowest BCUT2D eigenvalue weighted by atomic mass is 9.99. The minimum absolute atomic E-state index is 0.0723. The SMILES string of the molecule is Cc1cccc(C#N)c1N1CCCCC1C=O. The number of hydrogen-bond donors (Lipinski definition) is 0. The number of aryl methyl sites for hydroxylation is 1. The van der Waals surface area contributed by atoms with Crippen LogP contribution < -0.4 is 4.90 Å². The van der Waals surface area contributed by atoms with Crippen molar-refractivity contribution in [3.63, 3.8) is 0 Å². The summed E-state index contributed by atoms with van der Waals surface area (Å²) >= 11 is 0. The molecule has 88 valence electrons. The van der Waals surface area contributed by atoms with Crippen LogP contribution in [0.4, 0.5) is 5.69 Å². The smallest absolute Gasteiger partial charge is 0.142 e. The van der Waals surface area contributed by atoms with Gasteiger partial charge in [0.1, 0.15) is 12.4 Å². The van der Waals surface area contributed by atoms with Crippen molar-refractivity contribution in [3.05, 3.63) is 29.3 Å². The first-order valence-corrected chi connectivity index (χ1v) is 5.99. The van der Waals surface area contributed by atoms with E-state index in [-0.39, 0.29) is 6.04 Å². The maximum atomic E-state index is 11.1. The van der Waals surface area contributed by atoms with Crippen molar-refractivity contribution in [2.45, 2.75) is 32.2 Å². The minimum atomic E-state index is -0.0723. The van der Waals surface area contributed by atoms with Crippen molar-refractivity contribution in [3.8, 4) is 6.07 Å². The van der Waals surface area contributed by atoms with Crippen molar-refractivity contribution in [1.82, 2.24) is 0 Å². The monoisotopic (exact) mass is 228 g/mol. The zero-order valence-electron chi connectivity index (χ0n) is 10.0. The third-order valence-corrected chi connectivity index (χ3v) is 3.35. The lowest BCUT2D eigenvalue weighted by Crippen LogP contribution is -2.41. The number of para-hydroxylation sites is 1. The van der Waals surface area contributed by atoms with Gasteiger partial charge in [-0.3, -0.25) is 0 Å². The first kappa shape index (κ1) is 11.7. The molecule has 0 saturated carbocycles. The van der Waals surface area contributed by atoms with Crippen molar-refractivity contribution in [2.24, 2.45) is 0 Å². The molecule has 0 bridgehead atoms. The van der Waals surface area contributed by atoms with Crippen LogP contribution in [0.1, 0.15) is 30.4 Å². The van der Waals surface area contributed by atoms with Crippen LogP contribution in [0.2, 0.25) is 0 Å². The third-order valence-electron chi connectivity index (χ3n) is 3.35. The molecule has 3 heteroatoms. The second kappa shape index (κ2) is 5.01. The molecule has 0 spiro atoms. The molecule has 0 aliphatic carbocycles. The molecule has 1 fully saturated rings. The van der Waals surface area contributed by atoms with Gasteiger partial charge in [0, 0.05) is 6.54 Å². The molecule has 1 unspecified atom stereocenters. The number of benzene rings is 1. The van der Waals surface area contributed by atoms with E-state index in [0.717, 1.165) is 43.3 Å². The van der Waals surface area contributed by atoms with E-state index in [4.69, 9.17) is 5.26 Å². The summed E-state index contributed by atoms with van der Waals surface area (Å²) in [6, 6.07) is 7.85. The molecule has 1 aromatic carbocycles. The van der Waals surface area contributed by atoms with Gasteiger partial charge in [-0.1, -0.05) is 12.1 Å². The Morgan fingerprint density at radius 2 is 2.29 bits per heavy atom. The molecule has 1 heterocycles. The molecule has 3 nitrogen and oxygen atoms in total. The second-order valence-electron chi connectivity index (χ2n) is 4.48. The van der Waals surface area contributed by atoms with E-state index in [0.29, 0.717) is 5.56 Å². The largest absolute Gasteiger partial charge is 0.361 e. The molecule has 0 aromatic heterocycles. The third kappa shape index (κ3) is 2.16. The van der Waals surface area contributed by atoms with E-state index in [1.165, 1.54) is 0 Å². The summed E-state index contributed by atoms with van der Waals surface area (Å²) in [5.41, 5.74) is 2.67. The highest BCUT2D eigenvalue weighted by Gasteiger charge is 2.24. The summed E-state index contributed by atoms with van der Waals surface area (Å²) in [6.07, 6.45) is 4.08. The van der Waals surface area contributed by atoms with Crippen molar-refractivity contribution < 1.29 is 4.79 Å². The quantitative estimate of drug-likeness (QED) is 0.730. The molecule has 1 aliphatic heterocycles. The Hall–Kier alpha value is -1.82. The number of carbonyl (C=O) groups excluding carboxylic acids is 1. The molecule has 2 rings (SSSR count). The molecular weight excluding hydrogens is 212 g/mol. The fraction of sp³-hybridized carbons (Fsp3) is 0.429. The number of nitriles is 1. The Morgan fingerprint density at radius 1 is 1.47 bits per heavy atom. The average molecular weight is 228 g/mol. The molecule has 0 N–H and O–H groups in total. The minimum Gasteiger partial charge on any atom is -0.361 e. The Balaban J connectivity index is 2.44. The standard InChI is InChI=1S/C14H16N2O/c1-11-5-4-6-12(9-15)14(11)16-8-3-2-7-13(16)10-17/h4-6,10,13H,2-3,7-8H2,1H3. The molecule has 1 aliphatic rings. The number of nitrogens with zero attached hydrogens (tertiary/aromatic N) is 2. The summed E-state index contributed by atoms with van der Waals surface area (Å²) in [5, 5.41) is 9.17. The summed E-state index contributed by atoms with van der Waals surface area (Å²) in [6.45, 7) is 2.86. The molecule has 17 heavy (non-hydrogen) atoms. The van der Waals surface area contributed by atoms with E-state index in [1.807, 2.05) is 25.1 Å². The summed E-state index contributed by atoms with van der Waals surface area (Å²) in [4.78, 5) is 13.2. The van der Waals surface area contributed by atoms with Gasteiger partial charge in [0.05, 0.1) is 17.3 Å². The van der Waals surface area contributed by atoms with Gasteiger partial charge in [-0.2, -0.15) is 5.26 Å². The zero-order chi connectivity index (χ0) is 12.3. The van der Waals surface area contributed by atoms with E-state index in [9.17, 15) is 4.79 Å². The normalized spacial score (nSPS) is 19.8. The number of piperidine rings is 1. The predicted octanol–water partition coefficient (Wildman–Crippen LogP) is 2.42. The van der Waals surface area contributed by atoms with Crippen LogP contribution in [0.5, 0.6) is 0 Å². The summed E-state index contributed by atoms with van der Waals surface area (Å²) in [7, 11) is 0. The zero-order valence-corrected chi connectivity index (χ0v) is 10.0. The van der Waals surface area contributed by atoms with Crippen LogP contribution in [-0.4, -0.2) is 18.9 Å². The highest BCUT2D eigenvalue weighted by atomic mass is 16.1. The highest BCUT2D eigenvalue weighted by Crippen LogP contribution is 2.30. The first-order valence-electron chi connectivity index (χ1n) is 5.99. The molecule has 0 radical (unpaired) electrons. The number of carbonyl (C=O) groups is 1. The van der Waals surface area contributed by atoms with Crippen molar-refractivity contribution in [1.29, 1.82) is 5.26 Å². The van der Waals surface area contributed by atoms with Gasteiger partial charge in [-0.05, 0) is 37.8 Å². The van der Waals surface area contributed by atoms with E-state index in [2.05, 4.69) is 11.0 Å². The van der Waals surface area contributed by atoms with Gasteiger partial charge in [-0.15, -0.1) is 0 Å². The topological polar surface area (TPSA) is 44.1 Å². The maximum absolute atomic E-state index is 11.1. The Bertz CT molecular complexity index is 462. The van der Waals surface area contributed by atoms with Crippen LogP contribution in [-0.2, 0) is 4.79 Å². The van der Waals surface area contributed by atoms with Crippen LogP contribution in [0, 0.1) is 18.3 Å². The number of hydrogen-bond acceptors (Lipinski definition) is 3. The Morgan fingerprint density at radius 3 is 3.00 bits per heavy atom. The number of anilines is 1. The number of rotatable bonds is 2.